The van der Waals surface area contributed by atoms with E-state index in [9.17, 15) is 8.42 Å². The van der Waals surface area contributed by atoms with Gasteiger partial charge in [0.15, 0.2) is 9.84 Å². The van der Waals surface area contributed by atoms with Crippen LogP contribution in [0.1, 0.15) is 49.0 Å². The van der Waals surface area contributed by atoms with Gasteiger partial charge in [0.05, 0.1) is 17.1 Å². The lowest BCUT2D eigenvalue weighted by Crippen LogP contribution is -2.39. The van der Waals surface area contributed by atoms with Crippen molar-refractivity contribution in [2.24, 2.45) is 21.8 Å². The number of nitrogens with zero attached hydrogens (tertiary/aromatic N) is 2. The van der Waals surface area contributed by atoms with Gasteiger partial charge in [-0.05, 0) is 99.4 Å². The molecular weight excluding hydrogens is 512 g/mol. The summed E-state index contributed by atoms with van der Waals surface area (Å²) in [4.78, 5) is 10.1. The Bertz CT molecular complexity index is 2120. The normalized spacial score (nSPS) is 24.4. The maximum atomic E-state index is 13.6. The SMILES string of the molecule is CCS(=O)(=O)C1C=c2ccccc2=c2ccc3c(c21)CCC(C1CCC1)C=3C1N=CC=C2N=c3cc[c]cc3=C21. The van der Waals surface area contributed by atoms with Gasteiger partial charge in [-0.3, -0.25) is 4.99 Å². The molecule has 0 bridgehead atoms. The third-order valence-corrected chi connectivity index (χ3v) is 11.8. The molecule has 0 aromatic heterocycles. The van der Waals surface area contributed by atoms with Crippen LogP contribution in [-0.2, 0) is 16.3 Å². The van der Waals surface area contributed by atoms with Crippen molar-refractivity contribution < 1.29 is 8.42 Å². The first-order chi connectivity index (χ1) is 19.5. The third kappa shape index (κ3) is 3.46. The van der Waals surface area contributed by atoms with Gasteiger partial charge in [0, 0.05) is 22.8 Å². The van der Waals surface area contributed by atoms with E-state index in [0.29, 0.717) is 11.8 Å². The van der Waals surface area contributed by atoms with Crippen molar-refractivity contribution >= 4 is 33.3 Å². The molecule has 5 heteroatoms. The lowest BCUT2D eigenvalue weighted by atomic mass is 9.65. The zero-order valence-corrected chi connectivity index (χ0v) is 23.4. The Balaban J connectivity index is 1.49. The molecule has 40 heavy (non-hydrogen) atoms. The molecule has 0 saturated heterocycles. The van der Waals surface area contributed by atoms with E-state index in [2.05, 4.69) is 24.3 Å². The number of hydrogen-bond donors (Lipinski definition) is 0. The van der Waals surface area contributed by atoms with Crippen molar-refractivity contribution in [1.82, 2.24) is 0 Å². The van der Waals surface area contributed by atoms with Gasteiger partial charge in [-0.15, -0.1) is 0 Å². The molecule has 0 amide bonds. The van der Waals surface area contributed by atoms with Crippen molar-refractivity contribution in [3.8, 4) is 0 Å². The second kappa shape index (κ2) is 8.97. The van der Waals surface area contributed by atoms with Crippen LogP contribution < -0.4 is 21.0 Å². The zero-order chi connectivity index (χ0) is 27.0. The molecule has 1 fully saturated rings. The van der Waals surface area contributed by atoms with Gasteiger partial charge in [-0.1, -0.05) is 61.9 Å². The lowest BCUT2D eigenvalue weighted by molar-refractivity contribution is 0.233. The van der Waals surface area contributed by atoms with Gasteiger partial charge in [-0.25, -0.2) is 13.4 Å². The van der Waals surface area contributed by atoms with Crippen molar-refractivity contribution in [3.05, 3.63) is 115 Å². The zero-order valence-electron chi connectivity index (χ0n) is 22.6. The van der Waals surface area contributed by atoms with E-state index in [-0.39, 0.29) is 11.8 Å². The van der Waals surface area contributed by atoms with Crippen LogP contribution in [0.15, 0.2) is 76.4 Å². The summed E-state index contributed by atoms with van der Waals surface area (Å²) in [7, 11) is -3.36. The van der Waals surface area contributed by atoms with Crippen LogP contribution in [0.2, 0.25) is 0 Å². The highest BCUT2D eigenvalue weighted by Gasteiger charge is 2.40. The Morgan fingerprint density at radius 3 is 2.65 bits per heavy atom. The molecular formula is C35H31N2O2S. The van der Waals surface area contributed by atoms with Gasteiger partial charge in [0.1, 0.15) is 5.25 Å². The summed E-state index contributed by atoms with van der Waals surface area (Å²) in [5.74, 6) is 1.21. The summed E-state index contributed by atoms with van der Waals surface area (Å²) in [5.41, 5.74) is 5.73. The molecule has 3 atom stereocenters. The predicted molar refractivity (Wildman–Crippen MR) is 159 cm³/mol. The van der Waals surface area contributed by atoms with Crippen molar-refractivity contribution in [2.45, 2.75) is 50.3 Å². The van der Waals surface area contributed by atoms with E-state index in [1.54, 1.807) is 6.92 Å². The van der Waals surface area contributed by atoms with Crippen LogP contribution in [0.5, 0.6) is 0 Å². The summed E-state index contributed by atoms with van der Waals surface area (Å²) in [6, 6.07) is 21.8. The lowest BCUT2D eigenvalue weighted by Gasteiger charge is -2.41. The van der Waals surface area contributed by atoms with Gasteiger partial charge in [-0.2, -0.15) is 0 Å². The van der Waals surface area contributed by atoms with E-state index >= 15 is 0 Å². The molecule has 8 rings (SSSR count). The first-order valence-electron chi connectivity index (χ1n) is 14.6. The average molecular weight is 544 g/mol. The van der Waals surface area contributed by atoms with Crippen LogP contribution >= 0.6 is 0 Å². The monoisotopic (exact) mass is 543 g/mol. The smallest absolute Gasteiger partial charge is 0.160 e. The van der Waals surface area contributed by atoms with Crippen LogP contribution in [0.4, 0.5) is 0 Å². The average Bonchev–Trinajstić information content (AvgIpc) is 3.34. The van der Waals surface area contributed by atoms with E-state index < -0.39 is 15.1 Å². The minimum absolute atomic E-state index is 0.120. The Morgan fingerprint density at radius 2 is 1.82 bits per heavy atom. The molecule has 4 nitrogen and oxygen atoms in total. The highest BCUT2D eigenvalue weighted by Crippen LogP contribution is 2.46. The second-order valence-corrected chi connectivity index (χ2v) is 14.1. The Kier molecular flexibility index (Phi) is 5.44. The van der Waals surface area contributed by atoms with Crippen molar-refractivity contribution in [3.63, 3.8) is 0 Å². The summed E-state index contributed by atoms with van der Waals surface area (Å²) >= 11 is 0. The van der Waals surface area contributed by atoms with Crippen LogP contribution in [0.25, 0.3) is 17.2 Å². The molecule has 5 aliphatic rings. The minimum atomic E-state index is -3.36. The topological polar surface area (TPSA) is 58.9 Å². The Morgan fingerprint density at radius 1 is 0.975 bits per heavy atom. The summed E-state index contributed by atoms with van der Waals surface area (Å²) in [6.07, 6.45) is 11.7. The number of benzene rings is 3. The van der Waals surface area contributed by atoms with E-state index in [1.807, 2.05) is 54.8 Å². The Labute approximate surface area is 234 Å². The highest BCUT2D eigenvalue weighted by molar-refractivity contribution is 7.92. The number of rotatable bonds is 4. The Hall–Kier alpha value is -3.57. The molecule has 3 unspecified atom stereocenters. The molecule has 3 aliphatic carbocycles. The molecule has 0 spiro atoms. The summed E-state index contributed by atoms with van der Waals surface area (Å²) in [5, 5.41) is 5.89. The number of hydrogen-bond acceptors (Lipinski definition) is 4. The highest BCUT2D eigenvalue weighted by atomic mass is 32.2. The third-order valence-electron chi connectivity index (χ3n) is 9.83. The summed E-state index contributed by atoms with van der Waals surface area (Å²) in [6.45, 7) is 1.77. The summed E-state index contributed by atoms with van der Waals surface area (Å²) < 4.78 is 27.2. The number of fused-ring (bicyclic) bond motifs is 6. The molecule has 2 aliphatic heterocycles. The van der Waals surface area contributed by atoms with Gasteiger partial charge in [0.2, 0.25) is 0 Å². The van der Waals surface area contributed by atoms with Crippen molar-refractivity contribution in [1.29, 1.82) is 0 Å². The number of allylic oxidation sites excluding steroid dienone is 1. The van der Waals surface area contributed by atoms with E-state index in [0.717, 1.165) is 50.3 Å². The molecule has 1 radical (unpaired) electrons. The van der Waals surface area contributed by atoms with Crippen LogP contribution in [0, 0.1) is 28.3 Å². The molecule has 199 valence electrons. The first-order valence-corrected chi connectivity index (χ1v) is 16.3. The number of aliphatic imine (C=N–C) groups is 1. The molecule has 3 aromatic carbocycles. The number of dihydropyridines is 1. The van der Waals surface area contributed by atoms with Crippen LogP contribution in [-0.4, -0.2) is 26.4 Å². The van der Waals surface area contributed by atoms with Crippen molar-refractivity contribution in [2.75, 3.05) is 5.75 Å². The number of sulfone groups is 1. The standard InChI is InChI=1S/C35H31N2O2S/c1-2-40(38,39)31-20-22-8-3-4-11-23(22)25-16-17-27-26(32(25)31)15-14-24(21-9-7-10-21)33(27)35-34-28-12-5-6-13-29(28)37-30(34)18-19-36-35/h3-4,6,8,11-13,16-21,24,31,35H,2,7,9-10,14-15H2,1H3. The maximum Gasteiger partial charge on any atom is 0.160 e. The first kappa shape index (κ1) is 24.2. The molecule has 2 heterocycles. The van der Waals surface area contributed by atoms with Crippen LogP contribution in [0.3, 0.4) is 0 Å². The molecule has 1 saturated carbocycles. The fourth-order valence-corrected chi connectivity index (χ4v) is 9.03. The minimum Gasteiger partial charge on any atom is -0.280 e. The molecule has 0 N–H and O–H groups in total. The fraction of sp³-hybridized carbons (Fsp3) is 0.314. The fourth-order valence-electron chi connectivity index (χ4n) is 7.69. The van der Waals surface area contributed by atoms with Gasteiger partial charge >= 0.3 is 0 Å². The van der Waals surface area contributed by atoms with E-state index in [4.69, 9.17) is 9.98 Å². The van der Waals surface area contributed by atoms with Gasteiger partial charge < -0.3 is 0 Å². The predicted octanol–water partition coefficient (Wildman–Crippen LogP) is 3.38. The maximum absolute atomic E-state index is 13.6. The molecule has 3 aromatic rings. The largest absolute Gasteiger partial charge is 0.280 e. The van der Waals surface area contributed by atoms with Gasteiger partial charge in [0.25, 0.3) is 0 Å². The van der Waals surface area contributed by atoms with E-state index in [1.165, 1.54) is 41.2 Å². The second-order valence-electron chi connectivity index (χ2n) is 11.7. The quantitative estimate of drug-likeness (QED) is 0.507.